The van der Waals surface area contributed by atoms with Crippen molar-refractivity contribution in [3.05, 3.63) is 101 Å². The molecule has 2 atom stereocenters. The van der Waals surface area contributed by atoms with Gasteiger partial charge in [0.1, 0.15) is 17.5 Å². The summed E-state index contributed by atoms with van der Waals surface area (Å²) in [6, 6.07) is 21.9. The Hall–Kier alpha value is -3.97. The molecule has 0 bridgehead atoms. The lowest BCUT2D eigenvalue weighted by Crippen LogP contribution is -2.40. The highest BCUT2D eigenvalue weighted by Gasteiger charge is 2.31. The number of benzene rings is 4. The molecule has 190 valence electrons. The predicted molar refractivity (Wildman–Crippen MR) is 141 cm³/mol. The summed E-state index contributed by atoms with van der Waals surface area (Å²) >= 11 is 0. The highest BCUT2D eigenvalue weighted by atomic mass is 19.1. The van der Waals surface area contributed by atoms with Crippen molar-refractivity contribution in [2.45, 2.75) is 32.4 Å². The van der Waals surface area contributed by atoms with Gasteiger partial charge in [-0.15, -0.1) is 0 Å². The second-order valence-corrected chi connectivity index (χ2v) is 9.34. The van der Waals surface area contributed by atoms with Crippen molar-refractivity contribution in [3.8, 4) is 5.75 Å². The van der Waals surface area contributed by atoms with Crippen LogP contribution in [0.3, 0.4) is 0 Å². The number of hydrogen-bond acceptors (Lipinski definition) is 4. The zero-order valence-corrected chi connectivity index (χ0v) is 20.7. The van der Waals surface area contributed by atoms with Crippen molar-refractivity contribution in [2.75, 3.05) is 18.0 Å². The standard InChI is InChI=1S/C30H28F2N2O3/c1-18-26(14-13-24(31)28(18)30(35)36)34-17-21(37-29-25(32)11-6-12-27(29)34)15-16-33-19(2)22-10-5-8-20-7-3-4-9-23(20)22/h3-14,19,21,33H,15-17H2,1-2H3,(H,35,36)/t19-,21?/m1/s1. The third-order valence-electron chi connectivity index (χ3n) is 7.00. The van der Waals surface area contributed by atoms with Crippen LogP contribution in [-0.2, 0) is 0 Å². The minimum absolute atomic E-state index is 0.0901. The average Bonchev–Trinajstić information content (AvgIpc) is 2.88. The van der Waals surface area contributed by atoms with Gasteiger partial charge in [0.15, 0.2) is 11.6 Å². The van der Waals surface area contributed by atoms with Gasteiger partial charge in [0.05, 0.1) is 12.2 Å². The first-order valence-corrected chi connectivity index (χ1v) is 12.3. The minimum atomic E-state index is -1.34. The molecule has 1 unspecified atom stereocenters. The number of para-hydroxylation sites is 1. The number of ether oxygens (including phenoxy) is 1. The molecule has 0 aliphatic carbocycles. The zero-order valence-electron chi connectivity index (χ0n) is 20.7. The number of carboxylic acid groups (broad SMARTS) is 1. The van der Waals surface area contributed by atoms with Gasteiger partial charge in [0.25, 0.3) is 0 Å². The first-order chi connectivity index (χ1) is 17.8. The largest absolute Gasteiger partial charge is 0.483 e. The molecule has 1 aliphatic heterocycles. The van der Waals surface area contributed by atoms with E-state index in [9.17, 15) is 18.7 Å². The van der Waals surface area contributed by atoms with Gasteiger partial charge in [-0.1, -0.05) is 48.5 Å². The lowest BCUT2D eigenvalue weighted by atomic mass is 9.99. The van der Waals surface area contributed by atoms with Crippen molar-refractivity contribution in [3.63, 3.8) is 0 Å². The molecule has 5 rings (SSSR count). The van der Waals surface area contributed by atoms with Crippen molar-refractivity contribution in [1.82, 2.24) is 5.32 Å². The first kappa shape index (κ1) is 24.7. The molecular weight excluding hydrogens is 474 g/mol. The van der Waals surface area contributed by atoms with E-state index in [0.29, 0.717) is 30.9 Å². The SMILES string of the molecule is Cc1c(N2CC(CCN[C@H](C)c3cccc4ccccc34)Oc3c(F)cccc32)ccc(F)c1C(=O)O. The highest BCUT2D eigenvalue weighted by Crippen LogP contribution is 2.42. The summed E-state index contributed by atoms with van der Waals surface area (Å²) < 4.78 is 35.1. The number of halogens is 2. The van der Waals surface area contributed by atoms with E-state index >= 15 is 0 Å². The molecule has 2 N–H and O–H groups in total. The molecule has 0 amide bonds. The Morgan fingerprint density at radius 2 is 1.78 bits per heavy atom. The lowest BCUT2D eigenvalue weighted by Gasteiger charge is -2.37. The van der Waals surface area contributed by atoms with Crippen LogP contribution in [0.1, 0.15) is 40.9 Å². The monoisotopic (exact) mass is 502 g/mol. The highest BCUT2D eigenvalue weighted by molar-refractivity contribution is 5.92. The predicted octanol–water partition coefficient (Wildman–Crippen LogP) is 6.76. The number of carboxylic acids is 1. The van der Waals surface area contributed by atoms with Crippen LogP contribution in [0.2, 0.25) is 0 Å². The topological polar surface area (TPSA) is 61.8 Å². The van der Waals surface area contributed by atoms with Crippen LogP contribution < -0.4 is 15.0 Å². The van der Waals surface area contributed by atoms with Gasteiger partial charge in [0.2, 0.25) is 0 Å². The Balaban J connectivity index is 1.37. The molecule has 37 heavy (non-hydrogen) atoms. The molecule has 7 heteroatoms. The number of rotatable bonds is 7. The Bertz CT molecular complexity index is 1470. The van der Waals surface area contributed by atoms with E-state index < -0.39 is 17.6 Å². The van der Waals surface area contributed by atoms with Gasteiger partial charge in [-0.05, 0) is 73.0 Å². The van der Waals surface area contributed by atoms with Crippen LogP contribution in [0.5, 0.6) is 5.75 Å². The maximum atomic E-state index is 14.8. The second kappa shape index (κ2) is 10.2. The number of hydrogen-bond donors (Lipinski definition) is 2. The fourth-order valence-electron chi connectivity index (χ4n) is 5.13. The molecular formula is C30H28F2N2O3. The van der Waals surface area contributed by atoms with Crippen molar-refractivity contribution < 1.29 is 23.4 Å². The van der Waals surface area contributed by atoms with E-state index in [1.807, 2.05) is 23.1 Å². The maximum Gasteiger partial charge on any atom is 0.339 e. The van der Waals surface area contributed by atoms with Gasteiger partial charge in [-0.2, -0.15) is 0 Å². The third kappa shape index (κ3) is 4.74. The van der Waals surface area contributed by atoms with E-state index in [1.54, 1.807) is 19.1 Å². The molecule has 4 aromatic carbocycles. The van der Waals surface area contributed by atoms with Crippen LogP contribution in [0.25, 0.3) is 10.8 Å². The van der Waals surface area contributed by atoms with Crippen LogP contribution >= 0.6 is 0 Å². The Morgan fingerprint density at radius 1 is 1.03 bits per heavy atom. The maximum absolute atomic E-state index is 14.8. The fourth-order valence-corrected chi connectivity index (χ4v) is 5.13. The number of fused-ring (bicyclic) bond motifs is 2. The van der Waals surface area contributed by atoms with Crippen molar-refractivity contribution >= 4 is 28.1 Å². The van der Waals surface area contributed by atoms with E-state index in [2.05, 4.69) is 36.5 Å². The molecule has 0 spiro atoms. The van der Waals surface area contributed by atoms with Gasteiger partial charge in [-0.25, -0.2) is 13.6 Å². The normalized spacial score (nSPS) is 15.8. The number of anilines is 2. The van der Waals surface area contributed by atoms with Crippen molar-refractivity contribution in [1.29, 1.82) is 0 Å². The molecule has 0 aromatic heterocycles. The molecule has 0 saturated heterocycles. The Labute approximate surface area is 214 Å². The number of nitrogens with zero attached hydrogens (tertiary/aromatic N) is 1. The summed E-state index contributed by atoms with van der Waals surface area (Å²) in [5.74, 6) is -2.53. The molecule has 4 aromatic rings. The summed E-state index contributed by atoms with van der Waals surface area (Å²) in [7, 11) is 0. The average molecular weight is 503 g/mol. The van der Waals surface area contributed by atoms with E-state index in [4.69, 9.17) is 4.74 Å². The molecule has 1 aliphatic rings. The Morgan fingerprint density at radius 3 is 2.59 bits per heavy atom. The minimum Gasteiger partial charge on any atom is -0.483 e. The second-order valence-electron chi connectivity index (χ2n) is 9.34. The quantitative estimate of drug-likeness (QED) is 0.292. The summed E-state index contributed by atoms with van der Waals surface area (Å²) in [4.78, 5) is 13.5. The summed E-state index contributed by atoms with van der Waals surface area (Å²) in [5.41, 5.74) is 2.09. The van der Waals surface area contributed by atoms with E-state index in [0.717, 1.165) is 6.07 Å². The van der Waals surface area contributed by atoms with Crippen LogP contribution in [0.4, 0.5) is 20.2 Å². The number of carbonyl (C=O) groups is 1. The number of nitrogens with one attached hydrogen (secondary N) is 1. The molecule has 0 radical (unpaired) electrons. The first-order valence-electron chi connectivity index (χ1n) is 12.3. The third-order valence-corrected chi connectivity index (χ3v) is 7.00. The molecule has 0 saturated carbocycles. The van der Waals surface area contributed by atoms with Crippen LogP contribution in [-0.4, -0.2) is 30.3 Å². The smallest absolute Gasteiger partial charge is 0.339 e. The Kier molecular flexibility index (Phi) is 6.80. The summed E-state index contributed by atoms with van der Waals surface area (Å²) in [6.07, 6.45) is 0.222. The summed E-state index contributed by atoms with van der Waals surface area (Å²) in [5, 5.41) is 15.5. The zero-order chi connectivity index (χ0) is 26.1. The molecule has 5 nitrogen and oxygen atoms in total. The van der Waals surface area contributed by atoms with Gasteiger partial charge in [0, 0.05) is 11.7 Å². The van der Waals surface area contributed by atoms with Crippen LogP contribution in [0.15, 0.2) is 72.8 Å². The number of aromatic carboxylic acids is 1. The van der Waals surface area contributed by atoms with Gasteiger partial charge in [-0.3, -0.25) is 0 Å². The van der Waals surface area contributed by atoms with Crippen LogP contribution in [0, 0.1) is 18.6 Å². The van der Waals surface area contributed by atoms with Gasteiger partial charge >= 0.3 is 5.97 Å². The van der Waals surface area contributed by atoms with Gasteiger partial charge < -0.3 is 20.1 Å². The van der Waals surface area contributed by atoms with E-state index in [-0.39, 0.29) is 29.0 Å². The fraction of sp³-hybridized carbons (Fsp3) is 0.233. The van der Waals surface area contributed by atoms with E-state index in [1.165, 1.54) is 28.5 Å². The molecule has 0 fully saturated rings. The van der Waals surface area contributed by atoms with Crippen molar-refractivity contribution in [2.24, 2.45) is 0 Å². The molecule has 1 heterocycles. The summed E-state index contributed by atoms with van der Waals surface area (Å²) in [6.45, 7) is 4.67. The lowest BCUT2D eigenvalue weighted by molar-refractivity contribution is 0.0691.